The number of alkyl carbamates (subject to hydrolysis) is 1. The van der Waals surface area contributed by atoms with E-state index in [9.17, 15) is 23.6 Å². The number of hydrogen-bond donors (Lipinski definition) is 3. The highest BCUT2D eigenvalue weighted by atomic mass is 19.1. The second-order valence-corrected chi connectivity index (χ2v) is 13.6. The zero-order chi connectivity index (χ0) is 34.3. The Kier molecular flexibility index (Phi) is 11.4. The average Bonchev–Trinajstić information content (AvgIpc) is 3.06. The number of rotatable bonds is 10. The summed E-state index contributed by atoms with van der Waals surface area (Å²) in [5.74, 6) is -0.450. The quantitative estimate of drug-likeness (QED) is 0.282. The minimum absolute atomic E-state index is 0.0160. The molecule has 2 saturated heterocycles. The summed E-state index contributed by atoms with van der Waals surface area (Å²) in [5, 5.41) is 14.1. The topological polar surface area (TPSA) is 140 Å². The lowest BCUT2D eigenvalue weighted by atomic mass is 9.97. The van der Waals surface area contributed by atoms with Gasteiger partial charge in [0.25, 0.3) is 11.5 Å². The summed E-state index contributed by atoms with van der Waals surface area (Å²) in [7, 11) is 0. The molecule has 0 atom stereocenters. The van der Waals surface area contributed by atoms with E-state index in [0.29, 0.717) is 80.2 Å². The van der Waals surface area contributed by atoms with Crippen molar-refractivity contribution in [2.75, 3.05) is 65.4 Å². The number of aromatic amines is 1. The fourth-order valence-electron chi connectivity index (χ4n) is 6.19. The first-order valence-electron chi connectivity index (χ1n) is 16.7. The lowest BCUT2D eigenvalue weighted by molar-refractivity contribution is -0.134. The Labute approximate surface area is 280 Å². The Morgan fingerprint density at radius 1 is 0.958 bits per heavy atom. The van der Waals surface area contributed by atoms with Crippen LogP contribution in [0.5, 0.6) is 0 Å². The average molecular weight is 664 g/mol. The van der Waals surface area contributed by atoms with Crippen LogP contribution in [0.1, 0.15) is 55.2 Å². The van der Waals surface area contributed by atoms with Gasteiger partial charge in [-0.2, -0.15) is 5.10 Å². The number of benzene rings is 2. The van der Waals surface area contributed by atoms with Crippen molar-refractivity contribution in [1.29, 1.82) is 0 Å². The van der Waals surface area contributed by atoms with E-state index < -0.39 is 23.4 Å². The largest absolute Gasteiger partial charge is 0.444 e. The molecule has 3 N–H and O–H groups in total. The first kappa shape index (κ1) is 35.0. The Morgan fingerprint density at radius 2 is 1.65 bits per heavy atom. The van der Waals surface area contributed by atoms with Gasteiger partial charge in [0.05, 0.1) is 23.2 Å². The Hall–Kier alpha value is -4.36. The fraction of sp³-hybridized carbons (Fsp3) is 0.514. The number of likely N-dealkylation sites (tertiary alicyclic amines) is 1. The fourth-order valence-corrected chi connectivity index (χ4v) is 6.19. The highest BCUT2D eigenvalue weighted by Gasteiger charge is 2.28. The number of aromatic nitrogens is 2. The molecule has 5 rings (SSSR count). The highest BCUT2D eigenvalue weighted by Crippen LogP contribution is 2.21. The monoisotopic (exact) mass is 663 g/mol. The number of nitrogens with zero attached hydrogens (tertiary/aromatic N) is 4. The maximum absolute atomic E-state index is 14.9. The molecule has 2 fully saturated rings. The molecule has 12 nitrogen and oxygen atoms in total. The standard InChI is InChI=1S/C35H46FN7O5/c1-35(2,3)48-34(47)38-13-12-37-22-24-10-14-41(15-11-24)23-31(44)42-16-18-43(19-17-42)33(46)28-20-25(8-9-29(28)36)21-30-26-6-4-5-7-27(26)32(45)40-39-30/h4-9,20,24,37H,10-19,21-23H2,1-3H3,(H,38,47)(H,40,45). The van der Waals surface area contributed by atoms with E-state index in [-0.39, 0.29) is 17.0 Å². The summed E-state index contributed by atoms with van der Waals surface area (Å²) in [6, 6.07) is 11.6. The SMILES string of the molecule is CC(C)(C)OC(=O)NCCNCC1CCN(CC(=O)N2CCN(C(=O)c3cc(Cc4n[nH]c(=O)c5ccccc45)ccc3F)CC2)CC1. The van der Waals surface area contributed by atoms with Crippen molar-refractivity contribution in [2.24, 2.45) is 5.92 Å². The molecule has 2 aliphatic rings. The van der Waals surface area contributed by atoms with Crippen LogP contribution in [0.25, 0.3) is 10.8 Å². The van der Waals surface area contributed by atoms with Gasteiger partial charge in [-0.05, 0) is 82.9 Å². The van der Waals surface area contributed by atoms with Crippen molar-refractivity contribution in [3.63, 3.8) is 0 Å². The third-order valence-electron chi connectivity index (χ3n) is 8.80. The van der Waals surface area contributed by atoms with Gasteiger partial charge in [-0.25, -0.2) is 14.3 Å². The first-order valence-corrected chi connectivity index (χ1v) is 16.7. The third-order valence-corrected chi connectivity index (χ3v) is 8.80. The molecule has 0 unspecified atom stereocenters. The van der Waals surface area contributed by atoms with Crippen LogP contribution in [0.3, 0.4) is 0 Å². The van der Waals surface area contributed by atoms with E-state index in [1.54, 1.807) is 34.1 Å². The Bertz CT molecular complexity index is 1660. The minimum Gasteiger partial charge on any atom is -0.444 e. The molecule has 0 saturated carbocycles. The zero-order valence-corrected chi connectivity index (χ0v) is 28.0. The second-order valence-electron chi connectivity index (χ2n) is 13.6. The van der Waals surface area contributed by atoms with Crippen LogP contribution in [-0.4, -0.2) is 114 Å². The zero-order valence-electron chi connectivity index (χ0n) is 28.0. The van der Waals surface area contributed by atoms with Crippen molar-refractivity contribution in [3.8, 4) is 0 Å². The van der Waals surface area contributed by atoms with Crippen molar-refractivity contribution in [3.05, 3.63) is 75.5 Å². The Morgan fingerprint density at radius 3 is 2.35 bits per heavy atom. The van der Waals surface area contributed by atoms with Crippen LogP contribution in [-0.2, 0) is 16.0 Å². The molecule has 2 aliphatic heterocycles. The molecule has 0 bridgehead atoms. The van der Waals surface area contributed by atoms with Crippen LogP contribution in [0, 0.1) is 11.7 Å². The molecule has 0 radical (unpaired) electrons. The van der Waals surface area contributed by atoms with Crippen LogP contribution >= 0.6 is 0 Å². The van der Waals surface area contributed by atoms with E-state index in [4.69, 9.17) is 4.74 Å². The number of H-pyrrole nitrogens is 1. The van der Waals surface area contributed by atoms with Gasteiger partial charge in [0, 0.05) is 51.1 Å². The lowest BCUT2D eigenvalue weighted by Crippen LogP contribution is -2.53. The van der Waals surface area contributed by atoms with Gasteiger partial charge in [0.15, 0.2) is 0 Å². The summed E-state index contributed by atoms with van der Waals surface area (Å²) in [6.45, 7) is 11.0. The molecule has 2 aromatic carbocycles. The van der Waals surface area contributed by atoms with Crippen molar-refractivity contribution in [1.82, 2.24) is 35.5 Å². The van der Waals surface area contributed by atoms with Gasteiger partial charge in [-0.1, -0.05) is 24.3 Å². The number of fused-ring (bicyclic) bond motifs is 1. The van der Waals surface area contributed by atoms with Crippen LogP contribution in [0.4, 0.5) is 9.18 Å². The molecule has 3 amide bonds. The molecule has 48 heavy (non-hydrogen) atoms. The number of halogens is 1. The normalized spacial score (nSPS) is 16.2. The van der Waals surface area contributed by atoms with E-state index >= 15 is 0 Å². The number of carbonyl (C=O) groups excluding carboxylic acids is 3. The smallest absolute Gasteiger partial charge is 0.407 e. The lowest BCUT2D eigenvalue weighted by Gasteiger charge is -2.37. The molecule has 0 aliphatic carbocycles. The number of piperazine rings is 1. The number of hydrogen-bond acceptors (Lipinski definition) is 8. The van der Waals surface area contributed by atoms with Crippen LogP contribution in [0.15, 0.2) is 47.3 Å². The van der Waals surface area contributed by atoms with Crippen LogP contribution < -0.4 is 16.2 Å². The van der Waals surface area contributed by atoms with Gasteiger partial charge < -0.3 is 25.2 Å². The van der Waals surface area contributed by atoms with Gasteiger partial charge in [-0.15, -0.1) is 0 Å². The summed E-state index contributed by atoms with van der Waals surface area (Å²) in [6.07, 6.45) is 1.88. The van der Waals surface area contributed by atoms with E-state index in [0.717, 1.165) is 32.5 Å². The van der Waals surface area contributed by atoms with Crippen LogP contribution in [0.2, 0.25) is 0 Å². The second kappa shape index (κ2) is 15.7. The van der Waals surface area contributed by atoms with Crippen molar-refractivity contribution in [2.45, 2.75) is 45.6 Å². The number of piperidine rings is 1. The molecule has 3 aromatic rings. The summed E-state index contributed by atoms with van der Waals surface area (Å²) in [4.78, 5) is 55.9. The number of nitrogens with one attached hydrogen (secondary N) is 3. The molecule has 0 spiro atoms. The maximum atomic E-state index is 14.9. The predicted octanol–water partition coefficient (Wildman–Crippen LogP) is 2.76. The van der Waals surface area contributed by atoms with Gasteiger partial charge >= 0.3 is 6.09 Å². The Balaban J connectivity index is 1.04. The molecular formula is C35H46FN7O5. The van der Waals surface area contributed by atoms with Crippen molar-refractivity contribution < 1.29 is 23.5 Å². The third kappa shape index (κ3) is 9.38. The predicted molar refractivity (Wildman–Crippen MR) is 180 cm³/mol. The van der Waals surface area contributed by atoms with Crippen molar-refractivity contribution >= 4 is 28.7 Å². The molecule has 3 heterocycles. The van der Waals surface area contributed by atoms with E-state index in [1.807, 2.05) is 32.9 Å². The highest BCUT2D eigenvalue weighted by molar-refractivity contribution is 5.95. The molecule has 1 aromatic heterocycles. The minimum atomic E-state index is -0.599. The number of carbonyl (C=O) groups is 3. The molecule has 13 heteroatoms. The summed E-state index contributed by atoms with van der Waals surface area (Å²) < 4.78 is 20.1. The number of ether oxygens (including phenoxy) is 1. The maximum Gasteiger partial charge on any atom is 0.407 e. The van der Waals surface area contributed by atoms with Gasteiger partial charge in [-0.3, -0.25) is 19.3 Å². The summed E-state index contributed by atoms with van der Waals surface area (Å²) >= 11 is 0. The number of amides is 3. The van der Waals surface area contributed by atoms with E-state index in [1.165, 1.54) is 6.07 Å². The van der Waals surface area contributed by atoms with Gasteiger partial charge in [0.2, 0.25) is 5.91 Å². The first-order chi connectivity index (χ1) is 23.0. The summed E-state index contributed by atoms with van der Waals surface area (Å²) in [5.41, 5.74) is 0.524. The van der Waals surface area contributed by atoms with E-state index in [2.05, 4.69) is 25.7 Å². The molecule has 258 valence electrons. The molecular weight excluding hydrogens is 617 g/mol. The van der Waals surface area contributed by atoms with Gasteiger partial charge in [0.1, 0.15) is 11.4 Å².